The molecule has 16 heavy (non-hydrogen) atoms. The molecule has 0 aromatic carbocycles. The van der Waals surface area contributed by atoms with Gasteiger partial charge in [0.2, 0.25) is 0 Å². The summed E-state index contributed by atoms with van der Waals surface area (Å²) in [6.07, 6.45) is 5.61. The van der Waals surface area contributed by atoms with Crippen LogP contribution in [0.3, 0.4) is 0 Å². The number of aliphatic hydroxyl groups is 1. The third-order valence-electron chi connectivity index (χ3n) is 4.25. The zero-order valence-corrected chi connectivity index (χ0v) is 10.7. The van der Waals surface area contributed by atoms with Crippen LogP contribution in [0, 0.1) is 17.8 Å². The third-order valence-corrected chi connectivity index (χ3v) is 4.25. The number of aliphatic hydroxyl groups excluding tert-OH is 1. The third kappa shape index (κ3) is 3.19. The summed E-state index contributed by atoms with van der Waals surface area (Å²) in [6, 6.07) is 0. The van der Waals surface area contributed by atoms with E-state index in [9.17, 15) is 5.11 Å². The summed E-state index contributed by atoms with van der Waals surface area (Å²) < 4.78 is 0. The van der Waals surface area contributed by atoms with Gasteiger partial charge in [-0.2, -0.15) is 0 Å². The van der Waals surface area contributed by atoms with Gasteiger partial charge in [-0.3, -0.25) is 0 Å². The van der Waals surface area contributed by atoms with E-state index in [4.69, 9.17) is 0 Å². The van der Waals surface area contributed by atoms with Crippen molar-refractivity contribution in [3.8, 4) is 0 Å². The monoisotopic (exact) mass is 226 g/mol. The van der Waals surface area contributed by atoms with Gasteiger partial charge in [0.25, 0.3) is 0 Å². The molecule has 0 spiro atoms. The fourth-order valence-corrected chi connectivity index (χ4v) is 3.55. The van der Waals surface area contributed by atoms with E-state index in [2.05, 4.69) is 5.32 Å². The van der Waals surface area contributed by atoms with Crippen LogP contribution in [-0.2, 0) is 0 Å². The molecule has 2 aliphatic carbocycles. The van der Waals surface area contributed by atoms with Crippen LogP contribution in [0.2, 0.25) is 0 Å². The number of hydrogen-bond acceptors (Lipinski definition) is 3. The molecule has 2 N–H and O–H groups in total. The molecule has 0 aliphatic heterocycles. The molecule has 2 bridgehead atoms. The number of hydrogen-bond donors (Lipinski definition) is 2. The Hall–Kier alpha value is -0.120. The molecule has 0 aromatic rings. The average molecular weight is 226 g/mol. The van der Waals surface area contributed by atoms with E-state index >= 15 is 0 Å². The lowest BCUT2D eigenvalue weighted by Crippen LogP contribution is -2.37. The molecule has 2 aliphatic rings. The van der Waals surface area contributed by atoms with Gasteiger partial charge in [-0.05, 0) is 57.7 Å². The van der Waals surface area contributed by atoms with Crippen LogP contribution in [0.1, 0.15) is 25.7 Å². The predicted octanol–water partition coefficient (Wildman–Crippen LogP) is 0.935. The van der Waals surface area contributed by atoms with Crippen molar-refractivity contribution < 1.29 is 5.11 Å². The van der Waals surface area contributed by atoms with Crippen molar-refractivity contribution in [3.05, 3.63) is 0 Å². The molecule has 3 heteroatoms. The van der Waals surface area contributed by atoms with Gasteiger partial charge < -0.3 is 15.3 Å². The molecule has 2 rings (SSSR count). The molecular weight excluding hydrogens is 200 g/mol. The van der Waals surface area contributed by atoms with Gasteiger partial charge in [0.05, 0.1) is 6.10 Å². The first-order valence-electron chi connectivity index (χ1n) is 6.68. The minimum absolute atomic E-state index is 0.228. The zero-order valence-electron chi connectivity index (χ0n) is 10.7. The molecule has 0 radical (unpaired) electrons. The second-order valence-corrected chi connectivity index (χ2v) is 6.01. The number of nitrogens with zero attached hydrogens (tertiary/aromatic N) is 1. The Labute approximate surface area is 99.2 Å². The van der Waals surface area contributed by atoms with Gasteiger partial charge in [0.1, 0.15) is 0 Å². The summed E-state index contributed by atoms with van der Waals surface area (Å²) >= 11 is 0. The number of nitrogens with one attached hydrogen (secondary N) is 1. The van der Waals surface area contributed by atoms with Crippen LogP contribution in [0.15, 0.2) is 0 Å². The minimum atomic E-state index is -0.228. The maximum absolute atomic E-state index is 9.72. The highest BCUT2D eigenvalue weighted by Gasteiger charge is 2.38. The number of likely N-dealkylation sites (N-methyl/N-ethyl adjacent to an activating group) is 1. The van der Waals surface area contributed by atoms with Gasteiger partial charge in [0, 0.05) is 13.1 Å². The largest absolute Gasteiger partial charge is 0.390 e. The standard InChI is InChI=1S/C13H26N2O/c1-15(2)9-13(16)8-14-7-12-6-10-3-4-11(12)5-10/h10-14,16H,3-9H2,1-2H3. The summed E-state index contributed by atoms with van der Waals surface area (Å²) in [5.41, 5.74) is 0. The summed E-state index contributed by atoms with van der Waals surface area (Å²) in [5, 5.41) is 13.2. The second-order valence-electron chi connectivity index (χ2n) is 6.01. The van der Waals surface area contributed by atoms with Gasteiger partial charge in [0.15, 0.2) is 0 Å². The van der Waals surface area contributed by atoms with Crippen LogP contribution in [-0.4, -0.2) is 49.8 Å². The summed E-state index contributed by atoms with van der Waals surface area (Å²) in [5.74, 6) is 2.91. The van der Waals surface area contributed by atoms with E-state index in [0.717, 1.165) is 37.4 Å². The quantitative estimate of drug-likeness (QED) is 0.707. The topological polar surface area (TPSA) is 35.5 Å². The summed E-state index contributed by atoms with van der Waals surface area (Å²) in [6.45, 7) is 2.61. The first-order chi connectivity index (χ1) is 7.65. The molecule has 0 saturated heterocycles. The van der Waals surface area contributed by atoms with Crippen molar-refractivity contribution in [3.63, 3.8) is 0 Å². The van der Waals surface area contributed by atoms with Crippen LogP contribution in [0.4, 0.5) is 0 Å². The highest BCUT2D eigenvalue weighted by Crippen LogP contribution is 2.47. The van der Waals surface area contributed by atoms with Gasteiger partial charge in [-0.25, -0.2) is 0 Å². The van der Waals surface area contributed by atoms with Crippen molar-refractivity contribution >= 4 is 0 Å². The highest BCUT2D eigenvalue weighted by molar-refractivity contribution is 4.90. The van der Waals surface area contributed by atoms with Crippen molar-refractivity contribution in [2.24, 2.45) is 17.8 Å². The number of rotatable bonds is 6. The van der Waals surface area contributed by atoms with Crippen LogP contribution < -0.4 is 5.32 Å². The normalized spacial score (nSPS) is 34.9. The Morgan fingerprint density at radius 1 is 1.31 bits per heavy atom. The highest BCUT2D eigenvalue weighted by atomic mass is 16.3. The molecule has 3 nitrogen and oxygen atoms in total. The zero-order chi connectivity index (χ0) is 11.5. The number of fused-ring (bicyclic) bond motifs is 2. The van der Waals surface area contributed by atoms with E-state index in [1.807, 2.05) is 19.0 Å². The lowest BCUT2D eigenvalue weighted by molar-refractivity contribution is 0.132. The SMILES string of the molecule is CN(C)CC(O)CNCC1CC2CCC1C2. The Bertz CT molecular complexity index is 220. The molecule has 2 fully saturated rings. The van der Waals surface area contributed by atoms with E-state index < -0.39 is 0 Å². The van der Waals surface area contributed by atoms with E-state index in [-0.39, 0.29) is 6.10 Å². The molecule has 94 valence electrons. The summed E-state index contributed by atoms with van der Waals surface area (Å²) in [7, 11) is 4.00. The molecule has 4 unspecified atom stereocenters. The van der Waals surface area contributed by atoms with Crippen molar-refractivity contribution in [1.29, 1.82) is 0 Å². The molecule has 2 saturated carbocycles. The Balaban J connectivity index is 1.58. The maximum atomic E-state index is 9.72. The fraction of sp³-hybridized carbons (Fsp3) is 1.00. The molecule has 0 aromatic heterocycles. The minimum Gasteiger partial charge on any atom is -0.390 e. The summed E-state index contributed by atoms with van der Waals surface area (Å²) in [4.78, 5) is 2.03. The van der Waals surface area contributed by atoms with E-state index in [1.165, 1.54) is 25.7 Å². The molecule has 4 atom stereocenters. The first kappa shape index (κ1) is 12.3. The van der Waals surface area contributed by atoms with Gasteiger partial charge in [-0.1, -0.05) is 6.42 Å². The van der Waals surface area contributed by atoms with Gasteiger partial charge in [-0.15, -0.1) is 0 Å². The Morgan fingerprint density at radius 2 is 2.12 bits per heavy atom. The Kier molecular flexibility index (Phi) is 4.22. The van der Waals surface area contributed by atoms with E-state index in [1.54, 1.807) is 0 Å². The van der Waals surface area contributed by atoms with Crippen LogP contribution in [0.5, 0.6) is 0 Å². The van der Waals surface area contributed by atoms with E-state index in [0.29, 0.717) is 0 Å². The van der Waals surface area contributed by atoms with Gasteiger partial charge >= 0.3 is 0 Å². The lowest BCUT2D eigenvalue weighted by Gasteiger charge is -2.23. The van der Waals surface area contributed by atoms with Crippen molar-refractivity contribution in [2.75, 3.05) is 33.7 Å². The lowest BCUT2D eigenvalue weighted by atomic mass is 9.89. The van der Waals surface area contributed by atoms with Crippen molar-refractivity contribution in [2.45, 2.75) is 31.8 Å². The molecule has 0 heterocycles. The van der Waals surface area contributed by atoms with Crippen LogP contribution >= 0.6 is 0 Å². The van der Waals surface area contributed by atoms with Crippen molar-refractivity contribution in [1.82, 2.24) is 10.2 Å². The fourth-order valence-electron chi connectivity index (χ4n) is 3.55. The molecule has 0 amide bonds. The van der Waals surface area contributed by atoms with Crippen LogP contribution in [0.25, 0.3) is 0 Å². The Morgan fingerprint density at radius 3 is 2.69 bits per heavy atom. The second kappa shape index (κ2) is 5.48. The smallest absolute Gasteiger partial charge is 0.0791 e. The molecular formula is C13H26N2O. The first-order valence-corrected chi connectivity index (χ1v) is 6.68. The predicted molar refractivity (Wildman–Crippen MR) is 66.4 cm³/mol. The average Bonchev–Trinajstić information content (AvgIpc) is 2.77. The maximum Gasteiger partial charge on any atom is 0.0791 e.